The Kier molecular flexibility index (Phi) is 2.91. The monoisotopic (exact) mass is 238 g/mol. The van der Waals surface area contributed by atoms with Crippen molar-refractivity contribution in [3.8, 4) is 0 Å². The van der Waals surface area contributed by atoms with Crippen molar-refractivity contribution >= 4 is 16.9 Å². The Balaban J connectivity index is 1.66. The highest BCUT2D eigenvalue weighted by Crippen LogP contribution is 2.36. The first-order chi connectivity index (χ1) is 7.84. The minimum absolute atomic E-state index is 0.973. The summed E-state index contributed by atoms with van der Waals surface area (Å²) in [6.45, 7) is 9.99. The second kappa shape index (κ2) is 4.39. The number of rotatable bonds is 2. The number of hydrogen-bond acceptors (Lipinski definition) is 5. The lowest BCUT2D eigenvalue weighted by molar-refractivity contribution is 0.262. The van der Waals surface area contributed by atoms with Gasteiger partial charge in [-0.15, -0.1) is 0 Å². The maximum absolute atomic E-state index is 4.52. The van der Waals surface area contributed by atoms with Crippen LogP contribution in [0.1, 0.15) is 6.92 Å². The Morgan fingerprint density at radius 2 is 2.12 bits per heavy atom. The molecule has 16 heavy (non-hydrogen) atoms. The summed E-state index contributed by atoms with van der Waals surface area (Å²) in [7, 11) is 0. The van der Waals surface area contributed by atoms with E-state index in [9.17, 15) is 0 Å². The Morgan fingerprint density at radius 1 is 1.31 bits per heavy atom. The molecule has 0 aromatic heterocycles. The van der Waals surface area contributed by atoms with Crippen molar-refractivity contribution in [2.24, 2.45) is 4.99 Å². The van der Waals surface area contributed by atoms with Crippen LogP contribution in [0.2, 0.25) is 0 Å². The lowest BCUT2D eigenvalue weighted by Crippen LogP contribution is -2.44. The van der Waals surface area contributed by atoms with Gasteiger partial charge in [0.2, 0.25) is 0 Å². The molecule has 0 aromatic carbocycles. The smallest absolute Gasteiger partial charge is 0.168 e. The van der Waals surface area contributed by atoms with Crippen LogP contribution in [-0.2, 0) is 0 Å². The van der Waals surface area contributed by atoms with Crippen LogP contribution in [0.5, 0.6) is 0 Å². The van der Waals surface area contributed by atoms with Gasteiger partial charge < -0.3 is 10.2 Å². The Labute approximate surface area is 101 Å². The molecule has 0 amide bonds. The van der Waals surface area contributed by atoms with Crippen LogP contribution < -0.4 is 5.32 Å². The summed E-state index contributed by atoms with van der Waals surface area (Å²) in [5.74, 6) is 0. The number of thioether (sulfide) groups is 1. The minimum Gasteiger partial charge on any atom is -0.322 e. The lowest BCUT2D eigenvalue weighted by atomic mass is 10.3. The van der Waals surface area contributed by atoms with Gasteiger partial charge in [0, 0.05) is 49.9 Å². The molecule has 1 saturated heterocycles. The van der Waals surface area contributed by atoms with E-state index in [0.29, 0.717) is 0 Å². The molecule has 3 aliphatic heterocycles. The number of amidine groups is 1. The first-order valence-corrected chi connectivity index (χ1v) is 6.79. The molecule has 4 nitrogen and oxygen atoms in total. The molecule has 0 atom stereocenters. The Morgan fingerprint density at radius 3 is 2.88 bits per heavy atom. The van der Waals surface area contributed by atoms with E-state index in [2.05, 4.69) is 27.0 Å². The number of fused-ring (bicyclic) bond motifs is 1. The van der Waals surface area contributed by atoms with Gasteiger partial charge in [-0.2, -0.15) is 0 Å². The van der Waals surface area contributed by atoms with Gasteiger partial charge in [-0.25, -0.2) is 0 Å². The molecule has 0 bridgehead atoms. The number of nitrogens with one attached hydrogen (secondary N) is 1. The molecule has 0 spiro atoms. The van der Waals surface area contributed by atoms with E-state index in [4.69, 9.17) is 0 Å². The molecular weight excluding hydrogens is 220 g/mol. The van der Waals surface area contributed by atoms with Crippen LogP contribution in [0.3, 0.4) is 0 Å². The maximum Gasteiger partial charge on any atom is 0.168 e. The number of hydrogen-bond donors (Lipinski definition) is 1. The highest BCUT2D eigenvalue weighted by molar-refractivity contribution is 8.17. The van der Waals surface area contributed by atoms with Gasteiger partial charge in [-0.1, -0.05) is 11.8 Å². The van der Waals surface area contributed by atoms with Crippen molar-refractivity contribution in [3.63, 3.8) is 0 Å². The normalized spacial score (nSPS) is 26.3. The van der Waals surface area contributed by atoms with E-state index in [1.165, 1.54) is 28.9 Å². The summed E-state index contributed by atoms with van der Waals surface area (Å²) in [5.41, 5.74) is 1.43. The average Bonchev–Trinajstić information content (AvgIpc) is 2.86. The standard InChI is InChI=1S/C11H18N4S/c1-9-10(8-14-5-2-12-3-6-14)16-11-13-4-7-15(9)11/h12H,2-8H2,1H3. The second-order valence-corrected chi connectivity index (χ2v) is 5.51. The van der Waals surface area contributed by atoms with Crippen molar-refractivity contribution in [1.29, 1.82) is 0 Å². The topological polar surface area (TPSA) is 30.9 Å². The summed E-state index contributed by atoms with van der Waals surface area (Å²) in [6.07, 6.45) is 0. The fourth-order valence-electron chi connectivity index (χ4n) is 2.38. The third kappa shape index (κ3) is 1.87. The number of nitrogens with zero attached hydrogens (tertiary/aromatic N) is 3. The van der Waals surface area contributed by atoms with Crippen LogP contribution in [0.25, 0.3) is 0 Å². The van der Waals surface area contributed by atoms with Crippen LogP contribution >= 0.6 is 11.8 Å². The molecule has 0 saturated carbocycles. The molecule has 0 aliphatic carbocycles. The van der Waals surface area contributed by atoms with E-state index >= 15 is 0 Å². The van der Waals surface area contributed by atoms with E-state index in [1.54, 1.807) is 0 Å². The third-order valence-corrected chi connectivity index (χ3v) is 4.60. The zero-order valence-corrected chi connectivity index (χ0v) is 10.5. The summed E-state index contributed by atoms with van der Waals surface area (Å²) < 4.78 is 0. The van der Waals surface area contributed by atoms with E-state index in [1.807, 2.05) is 11.8 Å². The summed E-state index contributed by atoms with van der Waals surface area (Å²) in [4.78, 5) is 10.9. The fourth-order valence-corrected chi connectivity index (χ4v) is 3.60. The van der Waals surface area contributed by atoms with Crippen molar-refractivity contribution in [3.05, 3.63) is 10.6 Å². The van der Waals surface area contributed by atoms with E-state index in [0.717, 1.165) is 32.7 Å². The molecule has 88 valence electrons. The maximum atomic E-state index is 4.52. The van der Waals surface area contributed by atoms with Gasteiger partial charge in [0.25, 0.3) is 0 Å². The average molecular weight is 238 g/mol. The molecule has 3 heterocycles. The predicted octanol–water partition coefficient (Wildman–Crippen LogP) is 0.541. The Bertz CT molecular complexity index is 344. The van der Waals surface area contributed by atoms with Crippen LogP contribution in [0, 0.1) is 0 Å². The minimum atomic E-state index is 0.973. The van der Waals surface area contributed by atoms with Crippen molar-refractivity contribution in [1.82, 2.24) is 15.1 Å². The van der Waals surface area contributed by atoms with Crippen LogP contribution in [0.4, 0.5) is 0 Å². The number of aliphatic imine (C=N–C) groups is 1. The molecule has 0 unspecified atom stereocenters. The molecular formula is C11H18N4S. The lowest BCUT2D eigenvalue weighted by Gasteiger charge is -2.27. The number of piperazine rings is 1. The molecule has 5 heteroatoms. The van der Waals surface area contributed by atoms with Gasteiger partial charge in [-0.05, 0) is 6.92 Å². The highest BCUT2D eigenvalue weighted by Gasteiger charge is 2.30. The Hall–Kier alpha value is -0.520. The van der Waals surface area contributed by atoms with E-state index < -0.39 is 0 Å². The SMILES string of the molecule is CC1=C(CN2CCNCC2)SC2=NCCN21. The molecule has 0 radical (unpaired) electrons. The van der Waals surface area contributed by atoms with Gasteiger partial charge in [-0.3, -0.25) is 9.89 Å². The van der Waals surface area contributed by atoms with Gasteiger partial charge in [0.05, 0.1) is 6.54 Å². The summed E-state index contributed by atoms with van der Waals surface area (Å²) in [6, 6.07) is 0. The number of allylic oxidation sites excluding steroid dienone is 1. The summed E-state index contributed by atoms with van der Waals surface area (Å²) >= 11 is 1.88. The van der Waals surface area contributed by atoms with Crippen molar-refractivity contribution < 1.29 is 0 Å². The van der Waals surface area contributed by atoms with Crippen molar-refractivity contribution in [2.45, 2.75) is 6.92 Å². The fraction of sp³-hybridized carbons (Fsp3) is 0.727. The molecule has 1 fully saturated rings. The first-order valence-electron chi connectivity index (χ1n) is 5.97. The zero-order valence-electron chi connectivity index (χ0n) is 9.70. The highest BCUT2D eigenvalue weighted by atomic mass is 32.2. The zero-order chi connectivity index (χ0) is 11.0. The quantitative estimate of drug-likeness (QED) is 0.761. The van der Waals surface area contributed by atoms with Crippen molar-refractivity contribution in [2.75, 3.05) is 45.8 Å². The molecule has 3 rings (SSSR count). The summed E-state index contributed by atoms with van der Waals surface area (Å²) in [5, 5.41) is 4.62. The second-order valence-electron chi connectivity index (χ2n) is 4.45. The predicted molar refractivity (Wildman–Crippen MR) is 68.6 cm³/mol. The largest absolute Gasteiger partial charge is 0.322 e. The molecule has 0 aromatic rings. The molecule has 1 N–H and O–H groups in total. The van der Waals surface area contributed by atoms with Crippen LogP contribution in [0.15, 0.2) is 15.6 Å². The van der Waals surface area contributed by atoms with E-state index in [-0.39, 0.29) is 0 Å². The first kappa shape index (κ1) is 10.6. The third-order valence-electron chi connectivity index (χ3n) is 3.40. The van der Waals surface area contributed by atoms with Gasteiger partial charge in [0.1, 0.15) is 0 Å². The van der Waals surface area contributed by atoms with Gasteiger partial charge >= 0.3 is 0 Å². The van der Waals surface area contributed by atoms with Crippen LogP contribution in [-0.4, -0.2) is 60.8 Å². The molecule has 3 aliphatic rings. The van der Waals surface area contributed by atoms with Gasteiger partial charge in [0.15, 0.2) is 5.17 Å².